The number of imide groups is 1. The molecule has 0 unspecified atom stereocenters. The standard InChI is InChI=1S/C23H38N8O11/c24-28-26-4-9-37-13-15-39-11-6-30(7-12-40-16-14-38-10-5-27-29-25)20(32)3-8-36-17-18-41-19-23(35)42-31-21(33)1-2-22(31)34/h1-19H2. The third-order valence-corrected chi connectivity index (χ3v) is 5.16. The van der Waals surface area contributed by atoms with Crippen molar-refractivity contribution in [3.8, 4) is 0 Å². The maximum atomic E-state index is 12.7. The molecule has 236 valence electrons. The lowest BCUT2D eigenvalue weighted by Gasteiger charge is -2.23. The summed E-state index contributed by atoms with van der Waals surface area (Å²) in [7, 11) is 0. The van der Waals surface area contributed by atoms with Crippen molar-refractivity contribution in [2.24, 2.45) is 10.2 Å². The van der Waals surface area contributed by atoms with Crippen LogP contribution in [0.5, 0.6) is 0 Å². The molecular weight excluding hydrogens is 564 g/mol. The fourth-order valence-corrected chi connectivity index (χ4v) is 3.13. The van der Waals surface area contributed by atoms with Gasteiger partial charge in [-0.3, -0.25) is 14.4 Å². The third kappa shape index (κ3) is 18.7. The van der Waals surface area contributed by atoms with Crippen molar-refractivity contribution < 1.29 is 52.4 Å². The first kappa shape index (κ1) is 36.5. The van der Waals surface area contributed by atoms with E-state index in [0.29, 0.717) is 57.8 Å². The van der Waals surface area contributed by atoms with E-state index in [4.69, 9.17) is 39.5 Å². The highest BCUT2D eigenvalue weighted by Gasteiger charge is 2.32. The Morgan fingerprint density at radius 1 is 0.690 bits per heavy atom. The van der Waals surface area contributed by atoms with Crippen molar-refractivity contribution in [1.82, 2.24) is 9.96 Å². The van der Waals surface area contributed by atoms with Gasteiger partial charge in [0.25, 0.3) is 11.8 Å². The van der Waals surface area contributed by atoms with Crippen LogP contribution >= 0.6 is 0 Å². The average Bonchev–Trinajstić information content (AvgIpc) is 3.29. The Morgan fingerprint density at radius 2 is 1.14 bits per heavy atom. The number of carbonyl (C=O) groups excluding carboxylic acids is 4. The lowest BCUT2D eigenvalue weighted by atomic mass is 10.3. The minimum atomic E-state index is -0.881. The number of hydrogen-bond donors (Lipinski definition) is 0. The second kappa shape index (κ2) is 25.2. The van der Waals surface area contributed by atoms with E-state index in [1.54, 1.807) is 4.90 Å². The second-order valence-corrected chi connectivity index (χ2v) is 8.20. The molecule has 1 rings (SSSR count). The van der Waals surface area contributed by atoms with E-state index in [1.807, 2.05) is 0 Å². The van der Waals surface area contributed by atoms with Gasteiger partial charge in [0.15, 0.2) is 0 Å². The Labute approximate surface area is 242 Å². The Bertz CT molecular complexity index is 863. The normalized spacial score (nSPS) is 12.6. The average molecular weight is 603 g/mol. The molecule has 0 aliphatic carbocycles. The zero-order chi connectivity index (χ0) is 30.7. The van der Waals surface area contributed by atoms with Gasteiger partial charge in [0.2, 0.25) is 5.91 Å². The SMILES string of the molecule is [N-]=[N+]=NCCOCCOCCN(CCOCCOCCN=[N+]=[N-])C(=O)CCOCCOCC(=O)ON1C(=O)CCC1=O. The van der Waals surface area contributed by atoms with E-state index in [2.05, 4.69) is 24.9 Å². The number of hydrogen-bond acceptors (Lipinski definition) is 13. The number of nitrogens with zero attached hydrogens (tertiary/aromatic N) is 8. The number of ether oxygens (including phenoxy) is 6. The van der Waals surface area contributed by atoms with Crippen LogP contribution in [0.2, 0.25) is 0 Å². The summed E-state index contributed by atoms with van der Waals surface area (Å²) in [5, 5.41) is 7.17. The van der Waals surface area contributed by atoms with E-state index in [1.165, 1.54) is 0 Å². The van der Waals surface area contributed by atoms with Gasteiger partial charge in [-0.25, -0.2) is 4.79 Å². The molecule has 1 aliphatic heterocycles. The van der Waals surface area contributed by atoms with Crippen molar-refractivity contribution >= 4 is 23.7 Å². The summed E-state index contributed by atoms with van der Waals surface area (Å²) in [4.78, 5) is 58.8. The van der Waals surface area contributed by atoms with Gasteiger partial charge in [-0.1, -0.05) is 10.2 Å². The Balaban J connectivity index is 2.24. The van der Waals surface area contributed by atoms with Gasteiger partial charge < -0.3 is 38.2 Å². The maximum absolute atomic E-state index is 12.7. The van der Waals surface area contributed by atoms with E-state index >= 15 is 0 Å². The lowest BCUT2D eigenvalue weighted by molar-refractivity contribution is -0.200. The summed E-state index contributed by atoms with van der Waals surface area (Å²) in [6, 6.07) is 0. The molecule has 19 nitrogen and oxygen atoms in total. The highest BCUT2D eigenvalue weighted by molar-refractivity contribution is 6.01. The van der Waals surface area contributed by atoms with Gasteiger partial charge in [0.05, 0.1) is 79.1 Å². The molecular formula is C23H38N8O11. The number of hydroxylamine groups is 2. The Hall–Kier alpha value is -3.54. The third-order valence-electron chi connectivity index (χ3n) is 5.16. The Kier molecular flexibility index (Phi) is 21.9. The van der Waals surface area contributed by atoms with Crippen LogP contribution < -0.4 is 0 Å². The summed E-state index contributed by atoms with van der Waals surface area (Å²) in [6.45, 7) is 3.27. The van der Waals surface area contributed by atoms with E-state index in [0.717, 1.165) is 0 Å². The molecule has 1 fully saturated rings. The number of amides is 3. The molecule has 1 aliphatic rings. The molecule has 42 heavy (non-hydrogen) atoms. The molecule has 0 aromatic heterocycles. The highest BCUT2D eigenvalue weighted by atomic mass is 16.7. The molecule has 0 saturated carbocycles. The second-order valence-electron chi connectivity index (χ2n) is 8.20. The molecule has 0 bridgehead atoms. The highest BCUT2D eigenvalue weighted by Crippen LogP contribution is 2.12. The monoisotopic (exact) mass is 602 g/mol. The van der Waals surface area contributed by atoms with Gasteiger partial charge in [-0.2, -0.15) is 0 Å². The lowest BCUT2D eigenvalue weighted by Crippen LogP contribution is -2.37. The summed E-state index contributed by atoms with van der Waals surface area (Å²) in [5.41, 5.74) is 16.4. The quantitative estimate of drug-likeness (QED) is 0.0413. The first-order valence-corrected chi connectivity index (χ1v) is 13.3. The van der Waals surface area contributed by atoms with Gasteiger partial charge >= 0.3 is 5.97 Å². The minimum absolute atomic E-state index is 0.00342. The van der Waals surface area contributed by atoms with Crippen molar-refractivity contribution in [2.75, 3.05) is 105 Å². The summed E-state index contributed by atoms with van der Waals surface area (Å²) < 4.78 is 32.1. The maximum Gasteiger partial charge on any atom is 0.358 e. The van der Waals surface area contributed by atoms with E-state index in [9.17, 15) is 19.2 Å². The van der Waals surface area contributed by atoms with Gasteiger partial charge in [0, 0.05) is 48.8 Å². The van der Waals surface area contributed by atoms with Crippen LogP contribution in [-0.2, 0) is 52.4 Å². The first-order valence-electron chi connectivity index (χ1n) is 13.3. The summed E-state index contributed by atoms with van der Waals surface area (Å²) in [5.74, 6) is -2.21. The molecule has 0 aromatic rings. The van der Waals surface area contributed by atoms with E-state index < -0.39 is 24.4 Å². The fourth-order valence-electron chi connectivity index (χ4n) is 3.13. The molecule has 1 heterocycles. The Morgan fingerprint density at radius 3 is 1.64 bits per heavy atom. The topological polar surface area (TPSA) is 237 Å². The number of rotatable bonds is 27. The molecule has 0 aromatic carbocycles. The zero-order valence-corrected chi connectivity index (χ0v) is 23.5. The van der Waals surface area contributed by atoms with E-state index in [-0.39, 0.29) is 71.3 Å². The van der Waals surface area contributed by atoms with Crippen LogP contribution in [0.15, 0.2) is 10.2 Å². The van der Waals surface area contributed by atoms with Crippen LogP contribution in [0.3, 0.4) is 0 Å². The zero-order valence-electron chi connectivity index (χ0n) is 23.5. The predicted octanol–water partition coefficient (Wildman–Crippen LogP) is 0.533. The van der Waals surface area contributed by atoms with Crippen molar-refractivity contribution in [3.05, 3.63) is 20.9 Å². The molecule has 0 atom stereocenters. The van der Waals surface area contributed by atoms with Crippen LogP contribution in [-0.4, -0.2) is 139 Å². The summed E-state index contributed by atoms with van der Waals surface area (Å²) in [6.07, 6.45) is 0.0964. The van der Waals surface area contributed by atoms with Gasteiger partial charge in [-0.05, 0) is 11.1 Å². The smallest absolute Gasteiger partial charge is 0.358 e. The van der Waals surface area contributed by atoms with Crippen LogP contribution in [0, 0.1) is 0 Å². The van der Waals surface area contributed by atoms with Crippen molar-refractivity contribution in [2.45, 2.75) is 19.3 Å². The largest absolute Gasteiger partial charge is 0.379 e. The molecule has 19 heteroatoms. The van der Waals surface area contributed by atoms with Gasteiger partial charge in [0.1, 0.15) is 6.61 Å². The number of carbonyl (C=O) groups is 4. The predicted molar refractivity (Wildman–Crippen MR) is 141 cm³/mol. The van der Waals surface area contributed by atoms with Crippen molar-refractivity contribution in [1.29, 1.82) is 0 Å². The van der Waals surface area contributed by atoms with Crippen LogP contribution in [0.4, 0.5) is 0 Å². The number of azide groups is 2. The van der Waals surface area contributed by atoms with Crippen molar-refractivity contribution in [3.63, 3.8) is 0 Å². The molecule has 0 spiro atoms. The molecule has 0 N–H and O–H groups in total. The van der Waals surface area contributed by atoms with Crippen LogP contribution in [0.1, 0.15) is 19.3 Å². The summed E-state index contributed by atoms with van der Waals surface area (Å²) >= 11 is 0. The molecule has 0 radical (unpaired) electrons. The molecule has 3 amide bonds. The van der Waals surface area contributed by atoms with Gasteiger partial charge in [-0.15, -0.1) is 5.06 Å². The fraction of sp³-hybridized carbons (Fsp3) is 0.826. The minimum Gasteiger partial charge on any atom is -0.379 e. The molecule has 1 saturated heterocycles. The first-order chi connectivity index (χ1) is 20.5. The van der Waals surface area contributed by atoms with Crippen LogP contribution in [0.25, 0.3) is 20.9 Å².